The minimum atomic E-state index is -1.18. The molecule has 0 amide bonds. The van der Waals surface area contributed by atoms with E-state index in [1.165, 1.54) is 12.7 Å². The maximum Gasteiger partial charge on any atom is 0.331 e. The van der Waals surface area contributed by atoms with Crippen molar-refractivity contribution in [2.45, 2.75) is 112 Å². The van der Waals surface area contributed by atoms with E-state index in [9.17, 15) is 19.2 Å². The minimum Gasteiger partial charge on any atom is -0.478 e. The second-order valence-electron chi connectivity index (χ2n) is 16.2. The Morgan fingerprint density at radius 2 is 1.57 bits per heavy atom. The van der Waals surface area contributed by atoms with Crippen molar-refractivity contribution in [3.63, 3.8) is 0 Å². The summed E-state index contributed by atoms with van der Waals surface area (Å²) in [7, 11) is 1.48. The number of esters is 2. The van der Waals surface area contributed by atoms with Gasteiger partial charge in [0.2, 0.25) is 0 Å². The first-order valence-corrected chi connectivity index (χ1v) is 15.8. The Kier molecular flexibility index (Phi) is 7.22. The molecule has 42 heavy (non-hydrogen) atoms. The lowest BCUT2D eigenvalue weighted by molar-refractivity contribution is -0.209. The lowest BCUT2D eigenvalue weighted by atomic mass is 9.33. The lowest BCUT2D eigenvalue weighted by Gasteiger charge is -2.70. The van der Waals surface area contributed by atoms with Crippen LogP contribution in [0.15, 0.2) is 23.8 Å². The Morgan fingerprint density at radius 1 is 0.905 bits per heavy atom. The van der Waals surface area contributed by atoms with Crippen LogP contribution in [0.5, 0.6) is 0 Å². The van der Waals surface area contributed by atoms with Gasteiger partial charge in [-0.05, 0) is 104 Å². The molecule has 7 nitrogen and oxygen atoms in total. The Balaban J connectivity index is 1.50. The highest BCUT2D eigenvalue weighted by molar-refractivity contribution is 5.96. The normalized spacial score (nSPS) is 45.9. The average molecular weight is 583 g/mol. The zero-order valence-corrected chi connectivity index (χ0v) is 26.8. The number of allylic oxidation sites excluding steroid dienone is 2. The first kappa shape index (κ1) is 31.0. The number of carbonyl (C=O) groups is 4. The maximum absolute atomic E-state index is 14.5. The molecule has 5 aliphatic rings. The SMILES string of the molecule is COC(=O)[C@@]1(C)CC[C@]2(C)CCC3(C)C(=CC(=O)C4[C@@]5(C)CC[C@H](OC(=O)C=CC(=O)O)C(C)(C)C5CC[C@]43C)[C@@H]2C1. The van der Waals surface area contributed by atoms with Crippen LogP contribution in [0, 0.1) is 50.2 Å². The van der Waals surface area contributed by atoms with E-state index in [0.29, 0.717) is 6.42 Å². The zero-order valence-electron chi connectivity index (χ0n) is 26.8. The van der Waals surface area contributed by atoms with Gasteiger partial charge in [-0.1, -0.05) is 47.1 Å². The standard InChI is InChI=1S/C35H50O7/c1-30(2)24-11-14-35(7)28(33(24,5)13-12-25(30)42-27(39)10-9-26(37)38)23(36)19-21-22-20-32(4,29(40)41-8)16-15-31(22,3)17-18-34(21,35)6/h9-10,19,22,24-25,28H,11-18,20H2,1-8H3,(H,37,38)/t22-,24?,25-,28?,31+,32-,33-,34?,35+/m0/s1. The predicted molar refractivity (Wildman–Crippen MR) is 158 cm³/mol. The molecule has 3 unspecified atom stereocenters. The highest BCUT2D eigenvalue weighted by Crippen LogP contribution is 2.75. The number of ketones is 1. The summed E-state index contributed by atoms with van der Waals surface area (Å²) in [6, 6.07) is 0. The van der Waals surface area contributed by atoms with E-state index in [-0.39, 0.29) is 62.7 Å². The van der Waals surface area contributed by atoms with Gasteiger partial charge in [-0.3, -0.25) is 9.59 Å². The molecular formula is C35H50O7. The van der Waals surface area contributed by atoms with Crippen molar-refractivity contribution in [1.29, 1.82) is 0 Å². The first-order chi connectivity index (χ1) is 19.4. The Hall–Kier alpha value is -2.44. The third kappa shape index (κ3) is 4.26. The fourth-order valence-electron chi connectivity index (χ4n) is 11.1. The molecule has 0 bridgehead atoms. The van der Waals surface area contributed by atoms with Gasteiger partial charge in [0.1, 0.15) is 6.10 Å². The van der Waals surface area contributed by atoms with Crippen LogP contribution in [0.3, 0.4) is 0 Å². The zero-order chi connectivity index (χ0) is 31.1. The summed E-state index contributed by atoms with van der Waals surface area (Å²) in [5.74, 6) is -1.53. The number of carboxylic acid groups (broad SMARTS) is 1. The second-order valence-corrected chi connectivity index (χ2v) is 16.2. The maximum atomic E-state index is 14.5. The molecule has 0 aliphatic heterocycles. The van der Waals surface area contributed by atoms with Gasteiger partial charge in [0, 0.05) is 23.5 Å². The number of aliphatic carboxylic acids is 1. The quantitative estimate of drug-likeness (QED) is 0.291. The van der Waals surface area contributed by atoms with Crippen molar-refractivity contribution in [3.05, 3.63) is 23.8 Å². The fraction of sp³-hybridized carbons (Fsp3) is 0.771. The molecule has 0 radical (unpaired) electrons. The molecule has 4 fully saturated rings. The number of hydrogen-bond acceptors (Lipinski definition) is 6. The number of ether oxygens (including phenoxy) is 2. The lowest BCUT2D eigenvalue weighted by Crippen LogP contribution is -2.66. The van der Waals surface area contributed by atoms with E-state index >= 15 is 0 Å². The Bertz CT molecular complexity index is 1260. The third-order valence-electron chi connectivity index (χ3n) is 13.8. The molecule has 4 saturated carbocycles. The fourth-order valence-corrected chi connectivity index (χ4v) is 11.1. The largest absolute Gasteiger partial charge is 0.478 e. The molecule has 0 heterocycles. The summed E-state index contributed by atoms with van der Waals surface area (Å²) in [5, 5.41) is 8.91. The van der Waals surface area contributed by atoms with Crippen LogP contribution < -0.4 is 0 Å². The summed E-state index contributed by atoms with van der Waals surface area (Å²) in [6.07, 6.45) is 11.4. The molecule has 232 valence electrons. The number of rotatable bonds is 4. The van der Waals surface area contributed by atoms with Gasteiger partial charge in [0.15, 0.2) is 5.78 Å². The number of carboxylic acids is 1. The topological polar surface area (TPSA) is 107 Å². The molecule has 0 spiro atoms. The second kappa shape index (κ2) is 9.79. The molecule has 5 aliphatic carbocycles. The van der Waals surface area contributed by atoms with E-state index in [4.69, 9.17) is 14.6 Å². The molecule has 0 aromatic heterocycles. The van der Waals surface area contributed by atoms with Crippen molar-refractivity contribution in [1.82, 2.24) is 0 Å². The van der Waals surface area contributed by atoms with Crippen LogP contribution in [0.1, 0.15) is 106 Å². The molecule has 7 heteroatoms. The van der Waals surface area contributed by atoms with Gasteiger partial charge >= 0.3 is 17.9 Å². The summed E-state index contributed by atoms with van der Waals surface area (Å²) in [4.78, 5) is 50.8. The smallest absolute Gasteiger partial charge is 0.331 e. The van der Waals surface area contributed by atoms with Gasteiger partial charge in [-0.15, -0.1) is 0 Å². The summed E-state index contributed by atoms with van der Waals surface area (Å²) in [6.45, 7) is 15.8. The molecule has 0 aromatic carbocycles. The molecular weight excluding hydrogens is 532 g/mol. The molecule has 9 atom stereocenters. The van der Waals surface area contributed by atoms with E-state index in [1.54, 1.807) is 0 Å². The van der Waals surface area contributed by atoms with E-state index in [0.717, 1.165) is 63.5 Å². The van der Waals surface area contributed by atoms with Gasteiger partial charge in [0.05, 0.1) is 12.5 Å². The number of carbonyl (C=O) groups excluding carboxylic acids is 3. The van der Waals surface area contributed by atoms with Gasteiger partial charge in [-0.2, -0.15) is 0 Å². The first-order valence-electron chi connectivity index (χ1n) is 15.8. The van der Waals surface area contributed by atoms with Crippen molar-refractivity contribution in [2.24, 2.45) is 50.2 Å². The average Bonchev–Trinajstić information content (AvgIpc) is 2.90. The number of hydrogen-bond donors (Lipinski definition) is 1. The number of fused-ring (bicyclic) bond motifs is 7. The highest BCUT2D eigenvalue weighted by Gasteiger charge is 2.70. The van der Waals surface area contributed by atoms with E-state index in [2.05, 4.69) is 41.5 Å². The van der Waals surface area contributed by atoms with Crippen LogP contribution in [0.2, 0.25) is 0 Å². The summed E-state index contributed by atoms with van der Waals surface area (Å²) < 4.78 is 11.1. The van der Waals surface area contributed by atoms with Crippen LogP contribution in [-0.4, -0.2) is 42.0 Å². The predicted octanol–water partition coefficient (Wildman–Crippen LogP) is 6.69. The van der Waals surface area contributed by atoms with Crippen LogP contribution in [-0.2, 0) is 28.7 Å². The minimum absolute atomic E-state index is 0.0719. The monoisotopic (exact) mass is 582 g/mol. The molecule has 0 aromatic rings. The van der Waals surface area contributed by atoms with Crippen molar-refractivity contribution in [3.8, 4) is 0 Å². The van der Waals surface area contributed by atoms with Gasteiger partial charge in [0.25, 0.3) is 0 Å². The Morgan fingerprint density at radius 3 is 2.21 bits per heavy atom. The molecule has 5 rings (SSSR count). The van der Waals surface area contributed by atoms with Crippen LogP contribution >= 0.6 is 0 Å². The van der Waals surface area contributed by atoms with Crippen LogP contribution in [0.4, 0.5) is 0 Å². The van der Waals surface area contributed by atoms with Crippen LogP contribution in [0.25, 0.3) is 0 Å². The molecule has 0 saturated heterocycles. The Labute approximate surface area is 250 Å². The van der Waals surface area contributed by atoms with E-state index < -0.39 is 17.4 Å². The van der Waals surface area contributed by atoms with Crippen molar-refractivity contribution in [2.75, 3.05) is 7.11 Å². The summed E-state index contributed by atoms with van der Waals surface area (Å²) in [5.41, 5.74) is -0.194. The van der Waals surface area contributed by atoms with Crippen molar-refractivity contribution >= 4 is 23.7 Å². The van der Waals surface area contributed by atoms with E-state index in [1.807, 2.05) is 13.0 Å². The third-order valence-corrected chi connectivity index (χ3v) is 13.8. The number of methoxy groups -OCH3 is 1. The van der Waals surface area contributed by atoms with Gasteiger partial charge < -0.3 is 14.6 Å². The van der Waals surface area contributed by atoms with Crippen molar-refractivity contribution < 1.29 is 33.8 Å². The summed E-state index contributed by atoms with van der Waals surface area (Å²) >= 11 is 0. The molecule has 1 N–H and O–H groups in total. The highest BCUT2D eigenvalue weighted by atomic mass is 16.5. The van der Waals surface area contributed by atoms with Gasteiger partial charge in [-0.25, -0.2) is 9.59 Å².